The highest BCUT2D eigenvalue weighted by atomic mass is 32.1. The van der Waals surface area contributed by atoms with E-state index >= 15 is 0 Å². The molecule has 0 saturated carbocycles. The quantitative estimate of drug-likeness (QED) is 0.570. The number of carbonyl (C=O) groups is 1. The van der Waals surface area contributed by atoms with Gasteiger partial charge in [0.1, 0.15) is 6.04 Å². The molecule has 0 amide bonds. The first-order chi connectivity index (χ1) is 11.2. The third kappa shape index (κ3) is 5.99. The van der Waals surface area contributed by atoms with Gasteiger partial charge in [-0.3, -0.25) is 0 Å². The van der Waals surface area contributed by atoms with Gasteiger partial charge >= 0.3 is 5.97 Å². The van der Waals surface area contributed by atoms with Crippen molar-refractivity contribution < 1.29 is 9.53 Å². The highest BCUT2D eigenvalue weighted by molar-refractivity contribution is 7.80. The molecule has 0 aliphatic carbocycles. The number of carbonyl (C=O) groups excluding carboxylic acids is 1. The van der Waals surface area contributed by atoms with E-state index in [1.54, 1.807) is 0 Å². The zero-order valence-corrected chi connectivity index (χ0v) is 14.3. The van der Waals surface area contributed by atoms with E-state index in [1.807, 2.05) is 61.5 Å². The van der Waals surface area contributed by atoms with Gasteiger partial charge in [-0.25, -0.2) is 4.79 Å². The van der Waals surface area contributed by atoms with Crippen molar-refractivity contribution in [3.63, 3.8) is 0 Å². The van der Waals surface area contributed by atoms with E-state index in [9.17, 15) is 4.79 Å². The molecule has 0 heterocycles. The van der Waals surface area contributed by atoms with Crippen LogP contribution in [0.1, 0.15) is 17.5 Å². The Labute approximate surface area is 143 Å². The second kappa shape index (κ2) is 9.26. The highest BCUT2D eigenvalue weighted by Crippen LogP contribution is 2.13. The number of esters is 1. The lowest BCUT2D eigenvalue weighted by molar-refractivity contribution is -0.144. The fourth-order valence-electron chi connectivity index (χ4n) is 2.24. The summed E-state index contributed by atoms with van der Waals surface area (Å²) >= 11 is 4.24. The van der Waals surface area contributed by atoms with Crippen LogP contribution >= 0.6 is 12.6 Å². The van der Waals surface area contributed by atoms with Gasteiger partial charge < -0.3 is 10.1 Å². The summed E-state index contributed by atoms with van der Waals surface area (Å²) in [7, 11) is 0. The molecule has 2 rings (SSSR count). The standard InChI is InChI=1S/C19H23NO2S/c1-15-7-9-17(10-8-15)20-18(12-14-23)19(21)22-13-11-16-5-3-2-4-6-16/h2-10,18,20,23H,11-14H2,1H3/t18-/m0/s1. The van der Waals surface area contributed by atoms with Crippen LogP contribution in [0.3, 0.4) is 0 Å². The molecule has 3 nitrogen and oxygen atoms in total. The summed E-state index contributed by atoms with van der Waals surface area (Å²) < 4.78 is 5.42. The minimum Gasteiger partial charge on any atom is -0.464 e. The maximum Gasteiger partial charge on any atom is 0.328 e. The minimum atomic E-state index is -0.369. The maximum atomic E-state index is 12.3. The molecule has 1 N–H and O–H groups in total. The first kappa shape index (κ1) is 17.4. The summed E-state index contributed by atoms with van der Waals surface area (Å²) in [4.78, 5) is 12.3. The Morgan fingerprint density at radius 2 is 1.83 bits per heavy atom. The summed E-state index contributed by atoms with van der Waals surface area (Å²) in [5.74, 6) is 0.396. The molecule has 0 bridgehead atoms. The SMILES string of the molecule is Cc1ccc(N[C@@H](CCS)C(=O)OCCc2ccccc2)cc1. The number of hydrogen-bond donors (Lipinski definition) is 2. The third-order valence-electron chi connectivity index (χ3n) is 3.57. The van der Waals surface area contributed by atoms with Crippen molar-refractivity contribution in [3.05, 3.63) is 65.7 Å². The molecule has 0 unspecified atom stereocenters. The Morgan fingerprint density at radius 3 is 2.48 bits per heavy atom. The first-order valence-corrected chi connectivity index (χ1v) is 8.47. The van der Waals surface area contributed by atoms with E-state index in [0.29, 0.717) is 18.8 Å². The van der Waals surface area contributed by atoms with Crippen molar-refractivity contribution >= 4 is 24.3 Å². The molecule has 0 spiro atoms. The second-order valence-electron chi connectivity index (χ2n) is 5.48. The largest absolute Gasteiger partial charge is 0.464 e. The first-order valence-electron chi connectivity index (χ1n) is 7.83. The normalized spacial score (nSPS) is 11.7. The van der Waals surface area contributed by atoms with Crippen LogP contribution in [0.25, 0.3) is 0 Å². The molecule has 0 aliphatic heterocycles. The van der Waals surface area contributed by atoms with Crippen LogP contribution in [0.15, 0.2) is 54.6 Å². The Kier molecular flexibility index (Phi) is 7.01. The maximum absolute atomic E-state index is 12.3. The Balaban J connectivity index is 1.86. The number of hydrogen-bond acceptors (Lipinski definition) is 4. The lowest BCUT2D eigenvalue weighted by Crippen LogP contribution is -2.32. The third-order valence-corrected chi connectivity index (χ3v) is 3.83. The van der Waals surface area contributed by atoms with Crippen LogP contribution < -0.4 is 5.32 Å². The molecule has 0 radical (unpaired) electrons. The number of rotatable bonds is 8. The number of ether oxygens (including phenoxy) is 1. The molecule has 0 aromatic heterocycles. The molecule has 1 atom stereocenters. The fourth-order valence-corrected chi connectivity index (χ4v) is 2.50. The summed E-state index contributed by atoms with van der Waals surface area (Å²) in [6.45, 7) is 2.42. The van der Waals surface area contributed by atoms with Crippen molar-refractivity contribution in [2.45, 2.75) is 25.8 Å². The zero-order chi connectivity index (χ0) is 16.5. The predicted octanol–water partition coefficient (Wildman–Crippen LogP) is 3.88. The monoisotopic (exact) mass is 329 g/mol. The van der Waals surface area contributed by atoms with Crippen LogP contribution in [-0.4, -0.2) is 24.4 Å². The van der Waals surface area contributed by atoms with E-state index in [4.69, 9.17) is 4.74 Å². The van der Waals surface area contributed by atoms with Gasteiger partial charge in [0, 0.05) is 12.1 Å². The molecule has 2 aromatic carbocycles. The van der Waals surface area contributed by atoms with Gasteiger partial charge in [0.15, 0.2) is 0 Å². The molecular formula is C19H23NO2S. The zero-order valence-electron chi connectivity index (χ0n) is 13.4. The summed E-state index contributed by atoms with van der Waals surface area (Å²) in [6.07, 6.45) is 1.35. The predicted molar refractivity (Wildman–Crippen MR) is 98.2 cm³/mol. The van der Waals surface area contributed by atoms with Crippen molar-refractivity contribution in [2.75, 3.05) is 17.7 Å². The number of anilines is 1. The molecule has 0 saturated heterocycles. The lowest BCUT2D eigenvalue weighted by atomic mass is 10.1. The van der Waals surface area contributed by atoms with Crippen LogP contribution in [0, 0.1) is 6.92 Å². The van der Waals surface area contributed by atoms with Crippen LogP contribution in [0.2, 0.25) is 0 Å². The van der Waals surface area contributed by atoms with E-state index in [2.05, 4.69) is 17.9 Å². The highest BCUT2D eigenvalue weighted by Gasteiger charge is 2.19. The van der Waals surface area contributed by atoms with Crippen molar-refractivity contribution in [1.29, 1.82) is 0 Å². The molecule has 0 fully saturated rings. The second-order valence-corrected chi connectivity index (χ2v) is 5.93. The topological polar surface area (TPSA) is 38.3 Å². The van der Waals surface area contributed by atoms with Gasteiger partial charge in [-0.05, 0) is 36.8 Å². The molecule has 4 heteroatoms. The van der Waals surface area contributed by atoms with E-state index < -0.39 is 0 Å². The van der Waals surface area contributed by atoms with Gasteiger partial charge in [-0.1, -0.05) is 48.0 Å². The molecule has 122 valence electrons. The Bertz CT molecular complexity index is 599. The van der Waals surface area contributed by atoms with E-state index in [1.165, 1.54) is 5.56 Å². The number of nitrogens with one attached hydrogen (secondary N) is 1. The fraction of sp³-hybridized carbons (Fsp3) is 0.316. The van der Waals surface area contributed by atoms with Gasteiger partial charge in [0.2, 0.25) is 0 Å². The van der Waals surface area contributed by atoms with Crippen molar-refractivity contribution in [1.82, 2.24) is 0 Å². The summed E-state index contributed by atoms with van der Waals surface area (Å²) in [5.41, 5.74) is 3.27. The Morgan fingerprint density at radius 1 is 1.13 bits per heavy atom. The molecule has 23 heavy (non-hydrogen) atoms. The van der Waals surface area contributed by atoms with Crippen molar-refractivity contribution in [3.8, 4) is 0 Å². The van der Waals surface area contributed by atoms with E-state index in [-0.39, 0.29) is 12.0 Å². The number of benzene rings is 2. The number of thiol groups is 1. The molecule has 0 aliphatic rings. The van der Waals surface area contributed by atoms with Crippen molar-refractivity contribution in [2.24, 2.45) is 0 Å². The molecular weight excluding hydrogens is 306 g/mol. The van der Waals surface area contributed by atoms with Crippen LogP contribution in [0.5, 0.6) is 0 Å². The average molecular weight is 329 g/mol. The van der Waals surface area contributed by atoms with Gasteiger partial charge in [-0.15, -0.1) is 0 Å². The van der Waals surface area contributed by atoms with Gasteiger partial charge in [-0.2, -0.15) is 12.6 Å². The minimum absolute atomic E-state index is 0.226. The van der Waals surface area contributed by atoms with Gasteiger partial charge in [0.05, 0.1) is 6.61 Å². The van der Waals surface area contributed by atoms with Crippen LogP contribution in [0.4, 0.5) is 5.69 Å². The Hall–Kier alpha value is -1.94. The average Bonchev–Trinajstić information content (AvgIpc) is 2.57. The summed E-state index contributed by atoms with van der Waals surface area (Å²) in [5, 5.41) is 3.23. The van der Waals surface area contributed by atoms with Gasteiger partial charge in [0.25, 0.3) is 0 Å². The van der Waals surface area contributed by atoms with Crippen LogP contribution in [-0.2, 0) is 16.0 Å². The smallest absolute Gasteiger partial charge is 0.328 e. The molecule has 2 aromatic rings. The lowest BCUT2D eigenvalue weighted by Gasteiger charge is -2.18. The van der Waals surface area contributed by atoms with E-state index in [0.717, 1.165) is 17.7 Å². The number of aryl methyl sites for hydroxylation is 1. The summed E-state index contributed by atoms with van der Waals surface area (Å²) in [6, 6.07) is 17.6.